The summed E-state index contributed by atoms with van der Waals surface area (Å²) in [6.07, 6.45) is 2.76. The van der Waals surface area contributed by atoms with Crippen molar-refractivity contribution in [1.82, 2.24) is 9.97 Å². The van der Waals surface area contributed by atoms with Crippen molar-refractivity contribution in [3.05, 3.63) is 11.9 Å². The summed E-state index contributed by atoms with van der Waals surface area (Å²) in [6.45, 7) is 15.2. The monoisotopic (exact) mass is 278 g/mol. The maximum atomic E-state index is 4.53. The van der Waals surface area contributed by atoms with Crippen molar-refractivity contribution in [2.75, 3.05) is 30.4 Å². The Labute approximate surface area is 124 Å². The average molecular weight is 278 g/mol. The zero-order chi connectivity index (χ0) is 15.3. The van der Waals surface area contributed by atoms with Gasteiger partial charge in [-0.05, 0) is 17.8 Å². The minimum Gasteiger partial charge on any atom is -0.370 e. The minimum absolute atomic E-state index is 0.241. The van der Waals surface area contributed by atoms with Crippen LogP contribution in [0.3, 0.4) is 0 Å². The van der Waals surface area contributed by atoms with Crippen LogP contribution in [0.1, 0.15) is 59.4 Å². The summed E-state index contributed by atoms with van der Waals surface area (Å²) in [7, 11) is 2.11. The predicted molar refractivity (Wildman–Crippen MR) is 87.6 cm³/mol. The second-order valence-electron chi connectivity index (χ2n) is 6.96. The van der Waals surface area contributed by atoms with Gasteiger partial charge in [0.25, 0.3) is 0 Å². The normalized spacial score (nSPS) is 11.8. The summed E-state index contributed by atoms with van der Waals surface area (Å²) in [4.78, 5) is 11.2. The van der Waals surface area contributed by atoms with Crippen LogP contribution in [0.4, 0.5) is 11.6 Å². The van der Waals surface area contributed by atoms with Gasteiger partial charge in [-0.3, -0.25) is 0 Å². The number of anilines is 2. The second-order valence-corrected chi connectivity index (χ2v) is 6.96. The minimum atomic E-state index is 0.241. The zero-order valence-corrected chi connectivity index (χ0v) is 14.1. The number of aromatic nitrogens is 2. The van der Waals surface area contributed by atoms with Gasteiger partial charge in [0.05, 0.1) is 0 Å². The molecule has 4 heteroatoms. The van der Waals surface area contributed by atoms with Gasteiger partial charge >= 0.3 is 0 Å². The second kappa shape index (κ2) is 6.91. The predicted octanol–water partition coefficient (Wildman–Crippen LogP) is 3.90. The van der Waals surface area contributed by atoms with Crippen molar-refractivity contribution in [2.45, 2.75) is 53.9 Å². The van der Waals surface area contributed by atoms with Gasteiger partial charge in [-0.25, -0.2) is 9.97 Å². The molecule has 1 N–H and O–H groups in total. The van der Waals surface area contributed by atoms with E-state index in [9.17, 15) is 0 Å². The summed E-state index contributed by atoms with van der Waals surface area (Å²) < 4.78 is 0. The number of rotatable bonds is 6. The van der Waals surface area contributed by atoms with Crippen molar-refractivity contribution in [3.8, 4) is 0 Å². The Balaban J connectivity index is 3.11. The van der Waals surface area contributed by atoms with Crippen molar-refractivity contribution in [3.63, 3.8) is 0 Å². The molecule has 4 nitrogen and oxygen atoms in total. The highest BCUT2D eigenvalue weighted by atomic mass is 15.2. The molecule has 0 radical (unpaired) electrons. The van der Waals surface area contributed by atoms with E-state index in [1.165, 1.54) is 5.56 Å². The number of nitrogens with zero attached hydrogens (tertiary/aromatic N) is 3. The SMILES string of the molecule is CCCNc1ncnc(N(C)CC(C)(C)C)c1C(C)C. The first kappa shape index (κ1) is 16.7. The smallest absolute Gasteiger partial charge is 0.137 e. The van der Waals surface area contributed by atoms with Gasteiger partial charge in [0.15, 0.2) is 0 Å². The molecule has 0 fully saturated rings. The van der Waals surface area contributed by atoms with Gasteiger partial charge in [0, 0.05) is 25.7 Å². The van der Waals surface area contributed by atoms with Crippen LogP contribution in [0, 0.1) is 5.41 Å². The lowest BCUT2D eigenvalue weighted by Gasteiger charge is -2.30. The van der Waals surface area contributed by atoms with E-state index in [1.54, 1.807) is 6.33 Å². The molecule has 0 aliphatic rings. The molecule has 0 saturated heterocycles. The van der Waals surface area contributed by atoms with E-state index in [4.69, 9.17) is 0 Å². The first-order valence-electron chi connectivity index (χ1n) is 7.56. The molecule has 0 aliphatic carbocycles. The Morgan fingerprint density at radius 1 is 1.25 bits per heavy atom. The van der Waals surface area contributed by atoms with Crippen LogP contribution in [0.25, 0.3) is 0 Å². The van der Waals surface area contributed by atoms with Crippen LogP contribution < -0.4 is 10.2 Å². The van der Waals surface area contributed by atoms with E-state index in [-0.39, 0.29) is 5.41 Å². The lowest BCUT2D eigenvalue weighted by molar-refractivity contribution is 0.417. The van der Waals surface area contributed by atoms with Crippen LogP contribution in [0.15, 0.2) is 6.33 Å². The lowest BCUT2D eigenvalue weighted by atomic mass is 9.95. The fraction of sp³-hybridized carbons (Fsp3) is 0.750. The highest BCUT2D eigenvalue weighted by molar-refractivity contribution is 5.60. The standard InChI is InChI=1S/C16H30N4/c1-8-9-17-14-13(12(2)3)15(19-11-18-14)20(7)10-16(4,5)6/h11-12H,8-10H2,1-7H3,(H,17,18,19). The van der Waals surface area contributed by atoms with Crippen LogP contribution in [-0.2, 0) is 0 Å². The van der Waals surface area contributed by atoms with Crippen LogP contribution in [0.5, 0.6) is 0 Å². The average Bonchev–Trinajstić information content (AvgIpc) is 2.33. The van der Waals surface area contributed by atoms with E-state index < -0.39 is 0 Å². The maximum absolute atomic E-state index is 4.53. The first-order chi connectivity index (χ1) is 9.26. The molecule has 1 rings (SSSR count). The number of nitrogens with one attached hydrogen (secondary N) is 1. The van der Waals surface area contributed by atoms with Gasteiger partial charge in [-0.1, -0.05) is 41.5 Å². The molecule has 20 heavy (non-hydrogen) atoms. The Morgan fingerprint density at radius 3 is 2.40 bits per heavy atom. The van der Waals surface area contributed by atoms with E-state index in [2.05, 4.69) is 68.8 Å². The van der Waals surface area contributed by atoms with Gasteiger partial charge in [0.1, 0.15) is 18.0 Å². The molecule has 1 heterocycles. The topological polar surface area (TPSA) is 41.1 Å². The highest BCUT2D eigenvalue weighted by Gasteiger charge is 2.21. The summed E-state index contributed by atoms with van der Waals surface area (Å²) in [5.74, 6) is 2.42. The Morgan fingerprint density at radius 2 is 1.90 bits per heavy atom. The van der Waals surface area contributed by atoms with E-state index >= 15 is 0 Å². The molecule has 0 aromatic carbocycles. The first-order valence-corrected chi connectivity index (χ1v) is 7.56. The van der Waals surface area contributed by atoms with E-state index in [1.807, 2.05) is 0 Å². The quantitative estimate of drug-likeness (QED) is 0.856. The van der Waals surface area contributed by atoms with Gasteiger partial charge < -0.3 is 10.2 Å². The fourth-order valence-corrected chi connectivity index (χ4v) is 2.39. The zero-order valence-electron chi connectivity index (χ0n) is 14.1. The molecule has 1 aromatic heterocycles. The molecule has 1 aromatic rings. The Hall–Kier alpha value is -1.32. The van der Waals surface area contributed by atoms with Crippen molar-refractivity contribution >= 4 is 11.6 Å². The largest absolute Gasteiger partial charge is 0.370 e. The molecular formula is C16H30N4. The summed E-state index contributed by atoms with van der Waals surface area (Å²) in [6, 6.07) is 0. The van der Waals surface area contributed by atoms with Crippen molar-refractivity contribution in [2.24, 2.45) is 5.41 Å². The maximum Gasteiger partial charge on any atom is 0.137 e. The van der Waals surface area contributed by atoms with Crippen molar-refractivity contribution < 1.29 is 0 Å². The van der Waals surface area contributed by atoms with Gasteiger partial charge in [-0.15, -0.1) is 0 Å². The molecule has 0 spiro atoms. The van der Waals surface area contributed by atoms with E-state index in [0.717, 1.165) is 31.1 Å². The molecule has 0 bridgehead atoms. The van der Waals surface area contributed by atoms with Crippen LogP contribution in [-0.4, -0.2) is 30.1 Å². The highest BCUT2D eigenvalue weighted by Crippen LogP contribution is 2.31. The third-order valence-electron chi connectivity index (χ3n) is 3.06. The lowest BCUT2D eigenvalue weighted by Crippen LogP contribution is -2.31. The number of hydrogen-bond acceptors (Lipinski definition) is 4. The van der Waals surface area contributed by atoms with Crippen LogP contribution >= 0.6 is 0 Å². The summed E-state index contributed by atoms with van der Waals surface area (Å²) in [5, 5.41) is 3.42. The van der Waals surface area contributed by atoms with Crippen molar-refractivity contribution in [1.29, 1.82) is 0 Å². The Kier molecular flexibility index (Phi) is 5.78. The molecule has 0 unspecified atom stereocenters. The summed E-state index contributed by atoms with van der Waals surface area (Å²) in [5.41, 5.74) is 1.46. The Bertz CT molecular complexity index is 421. The summed E-state index contributed by atoms with van der Waals surface area (Å²) >= 11 is 0. The molecule has 0 saturated carbocycles. The van der Waals surface area contributed by atoms with Gasteiger partial charge in [-0.2, -0.15) is 0 Å². The van der Waals surface area contributed by atoms with Crippen LogP contribution in [0.2, 0.25) is 0 Å². The number of hydrogen-bond donors (Lipinski definition) is 1. The fourth-order valence-electron chi connectivity index (χ4n) is 2.39. The molecule has 114 valence electrons. The third-order valence-corrected chi connectivity index (χ3v) is 3.06. The third kappa shape index (κ3) is 4.66. The van der Waals surface area contributed by atoms with Gasteiger partial charge in [0.2, 0.25) is 0 Å². The molecule has 0 atom stereocenters. The molecule has 0 amide bonds. The molecular weight excluding hydrogens is 248 g/mol. The molecule has 0 aliphatic heterocycles. The van der Waals surface area contributed by atoms with E-state index in [0.29, 0.717) is 5.92 Å².